The predicted octanol–water partition coefficient (Wildman–Crippen LogP) is 5.83. The van der Waals surface area contributed by atoms with Crippen molar-refractivity contribution in [1.29, 1.82) is 0 Å². The molecule has 0 radical (unpaired) electrons. The van der Waals surface area contributed by atoms with Crippen molar-refractivity contribution in [3.63, 3.8) is 0 Å². The maximum atomic E-state index is 12.3. The first-order valence-corrected chi connectivity index (χ1v) is 8.64. The summed E-state index contributed by atoms with van der Waals surface area (Å²) in [6, 6.07) is 11.3. The van der Waals surface area contributed by atoms with Crippen LogP contribution in [0.5, 0.6) is 0 Å². The molecular formula is C13H7Br3INO. The molecule has 0 fully saturated rings. The number of carbonyl (C=O) groups excluding carboxylic acids is 1. The molecule has 0 spiro atoms. The fraction of sp³-hybridized carbons (Fsp3) is 0. The van der Waals surface area contributed by atoms with Crippen LogP contribution in [0.15, 0.2) is 49.8 Å². The molecule has 2 rings (SSSR count). The number of hydrogen-bond donors (Lipinski definition) is 1. The Bertz CT molecular complexity index is 646. The summed E-state index contributed by atoms with van der Waals surface area (Å²) < 4.78 is 3.54. The van der Waals surface area contributed by atoms with Gasteiger partial charge >= 0.3 is 0 Å². The molecule has 0 saturated carbocycles. The fourth-order valence-electron chi connectivity index (χ4n) is 1.45. The van der Waals surface area contributed by atoms with Gasteiger partial charge in [0.25, 0.3) is 5.91 Å². The van der Waals surface area contributed by atoms with Gasteiger partial charge in [-0.2, -0.15) is 0 Å². The van der Waals surface area contributed by atoms with Gasteiger partial charge in [-0.1, -0.05) is 15.9 Å². The standard InChI is InChI=1S/C13H7Br3INO/c14-7-1-3-11(16)12(5-7)18-13(19)9-6-8(17)2-4-10(9)15/h1-6H,(H,18,19). The number of anilines is 1. The molecule has 0 heterocycles. The molecule has 0 aliphatic heterocycles. The second-order valence-electron chi connectivity index (χ2n) is 3.70. The minimum absolute atomic E-state index is 0.149. The maximum Gasteiger partial charge on any atom is 0.256 e. The van der Waals surface area contributed by atoms with E-state index in [1.54, 1.807) is 0 Å². The molecule has 1 N–H and O–H groups in total. The van der Waals surface area contributed by atoms with Gasteiger partial charge in [-0.3, -0.25) is 4.79 Å². The van der Waals surface area contributed by atoms with E-state index in [-0.39, 0.29) is 5.91 Å². The number of carbonyl (C=O) groups is 1. The summed E-state index contributed by atoms with van der Waals surface area (Å²) in [5, 5.41) is 2.89. The van der Waals surface area contributed by atoms with Crippen molar-refractivity contribution in [3.8, 4) is 0 Å². The average Bonchev–Trinajstić information content (AvgIpc) is 2.36. The Balaban J connectivity index is 2.30. The SMILES string of the molecule is O=C(Nc1cc(Br)ccc1Br)c1cc(I)ccc1Br. The van der Waals surface area contributed by atoms with Gasteiger partial charge in [0.05, 0.1) is 11.3 Å². The van der Waals surface area contributed by atoms with Crippen LogP contribution < -0.4 is 5.32 Å². The first-order valence-electron chi connectivity index (χ1n) is 5.19. The quantitative estimate of drug-likeness (QED) is 0.461. The minimum atomic E-state index is -0.149. The molecule has 2 nitrogen and oxygen atoms in total. The highest BCUT2D eigenvalue weighted by molar-refractivity contribution is 14.1. The molecule has 0 aromatic heterocycles. The molecule has 2 aromatic rings. The molecule has 0 saturated heterocycles. The molecule has 0 bridgehead atoms. The second kappa shape index (κ2) is 6.69. The maximum absolute atomic E-state index is 12.3. The van der Waals surface area contributed by atoms with Gasteiger partial charge in [0, 0.05) is 17.0 Å². The van der Waals surface area contributed by atoms with E-state index in [2.05, 4.69) is 75.7 Å². The molecule has 2 aromatic carbocycles. The highest BCUT2D eigenvalue weighted by Gasteiger charge is 2.12. The van der Waals surface area contributed by atoms with Crippen molar-refractivity contribution in [2.24, 2.45) is 0 Å². The normalized spacial score (nSPS) is 10.3. The van der Waals surface area contributed by atoms with Crippen LogP contribution in [0.2, 0.25) is 0 Å². The van der Waals surface area contributed by atoms with Crippen LogP contribution in [0.25, 0.3) is 0 Å². The van der Waals surface area contributed by atoms with E-state index >= 15 is 0 Å². The largest absolute Gasteiger partial charge is 0.321 e. The van der Waals surface area contributed by atoms with E-state index < -0.39 is 0 Å². The van der Waals surface area contributed by atoms with Crippen LogP contribution in [0.1, 0.15) is 10.4 Å². The molecule has 0 unspecified atom stereocenters. The lowest BCUT2D eigenvalue weighted by Crippen LogP contribution is -2.13. The van der Waals surface area contributed by atoms with Gasteiger partial charge in [-0.15, -0.1) is 0 Å². The van der Waals surface area contributed by atoms with E-state index in [1.165, 1.54) is 0 Å². The van der Waals surface area contributed by atoms with Crippen LogP contribution in [0, 0.1) is 3.57 Å². The summed E-state index contributed by atoms with van der Waals surface area (Å²) in [6.07, 6.45) is 0. The number of halogens is 4. The summed E-state index contributed by atoms with van der Waals surface area (Å²) in [4.78, 5) is 12.3. The topological polar surface area (TPSA) is 29.1 Å². The molecule has 19 heavy (non-hydrogen) atoms. The fourth-order valence-corrected chi connectivity index (χ4v) is 3.08. The molecule has 98 valence electrons. The molecule has 0 aliphatic rings. The number of benzene rings is 2. The van der Waals surface area contributed by atoms with Crippen LogP contribution in [-0.4, -0.2) is 5.91 Å². The minimum Gasteiger partial charge on any atom is -0.321 e. The highest BCUT2D eigenvalue weighted by atomic mass is 127. The summed E-state index contributed by atoms with van der Waals surface area (Å²) in [5.41, 5.74) is 1.34. The third-order valence-electron chi connectivity index (χ3n) is 2.35. The summed E-state index contributed by atoms with van der Waals surface area (Å²) >= 11 is 12.4. The molecular weight excluding hydrogens is 553 g/mol. The second-order valence-corrected chi connectivity index (χ2v) is 7.57. The zero-order chi connectivity index (χ0) is 14.0. The van der Waals surface area contributed by atoms with Crippen molar-refractivity contribution in [1.82, 2.24) is 0 Å². The molecule has 0 atom stereocenters. The third-order valence-corrected chi connectivity index (χ3v) is 4.90. The predicted molar refractivity (Wildman–Crippen MR) is 96.7 cm³/mol. The Morgan fingerprint density at radius 3 is 2.42 bits per heavy atom. The van der Waals surface area contributed by atoms with Gasteiger partial charge < -0.3 is 5.32 Å². The Morgan fingerprint density at radius 2 is 1.68 bits per heavy atom. The Morgan fingerprint density at radius 1 is 1.00 bits per heavy atom. The third kappa shape index (κ3) is 4.03. The molecule has 1 amide bonds. The van der Waals surface area contributed by atoms with Crippen molar-refractivity contribution in [2.75, 3.05) is 5.32 Å². The van der Waals surface area contributed by atoms with E-state index in [0.29, 0.717) is 5.56 Å². The first-order chi connectivity index (χ1) is 8.97. The van der Waals surface area contributed by atoms with Gasteiger partial charge in [0.1, 0.15) is 0 Å². The Labute approximate surface area is 149 Å². The Hall–Kier alpha value is 0.0800. The van der Waals surface area contributed by atoms with Crippen LogP contribution in [0.4, 0.5) is 5.69 Å². The van der Waals surface area contributed by atoms with E-state index in [0.717, 1.165) is 22.7 Å². The lowest BCUT2D eigenvalue weighted by Gasteiger charge is -2.09. The van der Waals surface area contributed by atoms with Gasteiger partial charge in [-0.25, -0.2) is 0 Å². The lowest BCUT2D eigenvalue weighted by atomic mass is 10.2. The summed E-state index contributed by atoms with van der Waals surface area (Å²) in [7, 11) is 0. The molecule has 6 heteroatoms. The van der Waals surface area contributed by atoms with Crippen molar-refractivity contribution in [2.45, 2.75) is 0 Å². The number of rotatable bonds is 2. The van der Waals surface area contributed by atoms with Crippen LogP contribution in [0.3, 0.4) is 0 Å². The number of amides is 1. The van der Waals surface area contributed by atoms with Gasteiger partial charge in [0.15, 0.2) is 0 Å². The van der Waals surface area contributed by atoms with E-state index in [9.17, 15) is 4.79 Å². The van der Waals surface area contributed by atoms with Crippen molar-refractivity contribution in [3.05, 3.63) is 58.9 Å². The van der Waals surface area contributed by atoms with E-state index in [4.69, 9.17) is 0 Å². The Kier molecular flexibility index (Phi) is 5.45. The number of nitrogens with one attached hydrogen (secondary N) is 1. The van der Waals surface area contributed by atoms with Crippen LogP contribution in [-0.2, 0) is 0 Å². The van der Waals surface area contributed by atoms with Gasteiger partial charge in [0.2, 0.25) is 0 Å². The monoisotopic (exact) mass is 557 g/mol. The van der Waals surface area contributed by atoms with Crippen molar-refractivity contribution < 1.29 is 4.79 Å². The highest BCUT2D eigenvalue weighted by Crippen LogP contribution is 2.27. The summed E-state index contributed by atoms with van der Waals surface area (Å²) in [6.45, 7) is 0. The average molecular weight is 560 g/mol. The van der Waals surface area contributed by atoms with Gasteiger partial charge in [-0.05, 0) is 90.8 Å². The van der Waals surface area contributed by atoms with Crippen LogP contribution >= 0.6 is 70.4 Å². The van der Waals surface area contributed by atoms with E-state index in [1.807, 2.05) is 36.4 Å². The lowest BCUT2D eigenvalue weighted by molar-refractivity contribution is 0.102. The zero-order valence-electron chi connectivity index (χ0n) is 9.38. The first kappa shape index (κ1) is 15.5. The van der Waals surface area contributed by atoms with Crippen molar-refractivity contribution >= 4 is 82.0 Å². The smallest absolute Gasteiger partial charge is 0.256 e. The number of hydrogen-bond acceptors (Lipinski definition) is 1. The zero-order valence-corrected chi connectivity index (χ0v) is 16.3. The molecule has 0 aliphatic carbocycles. The summed E-state index contributed by atoms with van der Waals surface area (Å²) in [5.74, 6) is -0.149.